The first-order valence-electron chi connectivity index (χ1n) is 16.7. The summed E-state index contributed by atoms with van der Waals surface area (Å²) in [6.07, 6.45) is 6.75. The van der Waals surface area contributed by atoms with Crippen LogP contribution < -0.4 is 11.1 Å². The van der Waals surface area contributed by atoms with Crippen molar-refractivity contribution in [3.63, 3.8) is 0 Å². The molecule has 0 radical (unpaired) electrons. The highest BCUT2D eigenvalue weighted by Gasteiger charge is 2.21. The largest absolute Gasteiger partial charge is 0.343 e. The number of Topliss-reactive ketones (excluding diaryl/α,β-unsaturated/α-hetero) is 2. The number of carbonyl (C=O) groups is 3. The second-order valence-corrected chi connectivity index (χ2v) is 12.6. The van der Waals surface area contributed by atoms with Gasteiger partial charge in [0.1, 0.15) is 5.78 Å². The third-order valence-electron chi connectivity index (χ3n) is 8.70. The van der Waals surface area contributed by atoms with Crippen molar-refractivity contribution in [3.05, 3.63) is 137 Å². The molecule has 49 heavy (non-hydrogen) atoms. The monoisotopic (exact) mass is 654 g/mol. The molecule has 0 spiro atoms. The smallest absolute Gasteiger partial charge is 0.248 e. The minimum Gasteiger partial charge on any atom is -0.343 e. The van der Waals surface area contributed by atoms with Gasteiger partial charge in [-0.25, -0.2) is 0 Å². The number of amides is 1. The molecule has 2 atom stereocenters. The number of carbonyl (C=O) groups excluding carboxylic acids is 3. The van der Waals surface area contributed by atoms with Crippen molar-refractivity contribution >= 4 is 45.2 Å². The van der Waals surface area contributed by atoms with Crippen molar-refractivity contribution < 1.29 is 14.4 Å². The molecular weight excluding hydrogens is 608 g/mol. The second-order valence-electron chi connectivity index (χ2n) is 12.6. The fourth-order valence-corrected chi connectivity index (χ4v) is 5.54. The van der Waals surface area contributed by atoms with Crippen LogP contribution >= 0.6 is 0 Å². The highest BCUT2D eigenvalue weighted by Crippen LogP contribution is 2.31. The van der Waals surface area contributed by atoms with Gasteiger partial charge < -0.3 is 21.9 Å². The Bertz CT molecular complexity index is 1900. The summed E-state index contributed by atoms with van der Waals surface area (Å²) in [5.74, 6) is -0.0862. The van der Waals surface area contributed by atoms with Crippen LogP contribution in [0.25, 0.3) is 16.3 Å². The molecule has 0 saturated carbocycles. The number of hydrogen-bond donors (Lipinski definition) is 4. The Balaban J connectivity index is 0.000000284. The van der Waals surface area contributed by atoms with Gasteiger partial charge in [-0.1, -0.05) is 97.1 Å². The summed E-state index contributed by atoms with van der Waals surface area (Å²) >= 11 is 0. The second kappa shape index (κ2) is 17.2. The summed E-state index contributed by atoms with van der Waals surface area (Å²) < 4.78 is 0. The lowest BCUT2D eigenvalue weighted by atomic mass is 9.99. The maximum atomic E-state index is 12.8. The molecule has 0 aliphatic heterocycles. The van der Waals surface area contributed by atoms with Gasteiger partial charge in [0.25, 0.3) is 0 Å². The van der Waals surface area contributed by atoms with E-state index in [0.29, 0.717) is 42.7 Å². The standard InChI is InChI=1S/C29H28N2O2.C13H18N2O/c1-19(30)22-13-10-21(11-14-22)12-17-28(32)20(2)31-29(33)25-16-15-24(18-25)27-9-5-7-23-6-3-4-8-26(23)27;1-9(14)12-6-3-11(4-7-12)5-8-13(16)10(2)15/h3-11,13-15,18,20,30H,12,16-17H2,1-2H3,(H,31,33);3-4,6-7,10,14H,5,8,15H2,1-2H3/t20-;10-/m00/s1. The SMILES string of the molecule is CC(=N)c1ccc(CCC(=O)[C@H](C)N)cc1.CC(=N)c1ccc(CCC(=O)[C@H](C)NC(=O)C2=CC(c3cccc4ccccc34)=CC2)cc1. The minimum atomic E-state index is -0.539. The highest BCUT2D eigenvalue weighted by atomic mass is 16.2. The van der Waals surface area contributed by atoms with Crippen molar-refractivity contribution in [2.75, 3.05) is 0 Å². The first kappa shape index (κ1) is 36.6. The van der Waals surface area contributed by atoms with Gasteiger partial charge in [0, 0.05) is 29.8 Å². The van der Waals surface area contributed by atoms with Crippen LogP contribution in [-0.2, 0) is 27.2 Å². The van der Waals surface area contributed by atoms with Gasteiger partial charge in [0.15, 0.2) is 5.78 Å². The van der Waals surface area contributed by atoms with Crippen LogP contribution in [0.15, 0.2) is 109 Å². The molecule has 5 N–H and O–H groups in total. The van der Waals surface area contributed by atoms with Crippen LogP contribution in [0.2, 0.25) is 0 Å². The van der Waals surface area contributed by atoms with Crippen LogP contribution in [0.4, 0.5) is 0 Å². The summed E-state index contributed by atoms with van der Waals surface area (Å²) in [6, 6.07) is 29.0. The van der Waals surface area contributed by atoms with Gasteiger partial charge in [-0.2, -0.15) is 0 Å². The van der Waals surface area contributed by atoms with Crippen LogP contribution in [0.1, 0.15) is 74.8 Å². The Kier molecular flexibility index (Phi) is 12.9. The van der Waals surface area contributed by atoms with E-state index in [2.05, 4.69) is 35.7 Å². The summed E-state index contributed by atoms with van der Waals surface area (Å²) in [5, 5.41) is 20.3. The average Bonchev–Trinajstić information content (AvgIpc) is 3.60. The summed E-state index contributed by atoms with van der Waals surface area (Å²) in [6.45, 7) is 6.97. The predicted octanol–water partition coefficient (Wildman–Crippen LogP) is 7.57. The topological polar surface area (TPSA) is 137 Å². The molecule has 1 aliphatic carbocycles. The number of allylic oxidation sites excluding steroid dienone is 3. The zero-order valence-corrected chi connectivity index (χ0v) is 28.8. The molecule has 0 bridgehead atoms. The van der Waals surface area contributed by atoms with E-state index in [9.17, 15) is 14.4 Å². The molecule has 0 aromatic heterocycles. The Morgan fingerprint density at radius 3 is 1.82 bits per heavy atom. The molecule has 7 nitrogen and oxygen atoms in total. The lowest BCUT2D eigenvalue weighted by molar-refractivity contribution is -0.125. The van der Waals surface area contributed by atoms with E-state index in [-0.39, 0.29) is 23.5 Å². The first-order valence-corrected chi connectivity index (χ1v) is 16.7. The lowest BCUT2D eigenvalue weighted by Crippen LogP contribution is -2.39. The number of hydrogen-bond acceptors (Lipinski definition) is 6. The molecule has 252 valence electrons. The van der Waals surface area contributed by atoms with Crippen LogP contribution in [-0.4, -0.2) is 41.0 Å². The van der Waals surface area contributed by atoms with Gasteiger partial charge in [-0.05, 0) is 97.2 Å². The molecule has 4 aromatic rings. The third-order valence-corrected chi connectivity index (χ3v) is 8.70. The van der Waals surface area contributed by atoms with E-state index in [0.717, 1.165) is 45.2 Å². The van der Waals surface area contributed by atoms with Crippen LogP contribution in [0.3, 0.4) is 0 Å². The van der Waals surface area contributed by atoms with E-state index < -0.39 is 6.04 Å². The molecule has 4 aromatic carbocycles. The number of fused-ring (bicyclic) bond motifs is 1. The molecule has 0 saturated heterocycles. The molecule has 7 heteroatoms. The fraction of sp³-hybridized carbons (Fsp3) is 0.262. The van der Waals surface area contributed by atoms with E-state index in [1.54, 1.807) is 27.7 Å². The number of nitrogens with one attached hydrogen (secondary N) is 3. The molecule has 0 fully saturated rings. The third kappa shape index (κ3) is 10.4. The lowest BCUT2D eigenvalue weighted by Gasteiger charge is -2.13. The zero-order valence-electron chi connectivity index (χ0n) is 28.8. The van der Waals surface area contributed by atoms with Gasteiger partial charge >= 0.3 is 0 Å². The van der Waals surface area contributed by atoms with E-state index in [1.807, 2.05) is 72.8 Å². The van der Waals surface area contributed by atoms with Gasteiger partial charge in [-0.15, -0.1) is 0 Å². The Hall–Kier alpha value is -5.27. The molecular formula is C42H46N4O3. The molecule has 1 aliphatic rings. The fourth-order valence-electron chi connectivity index (χ4n) is 5.54. The quantitative estimate of drug-likeness (QED) is 0.111. The maximum absolute atomic E-state index is 12.8. The predicted molar refractivity (Wildman–Crippen MR) is 200 cm³/mol. The number of ketones is 2. The van der Waals surface area contributed by atoms with E-state index in [4.69, 9.17) is 16.6 Å². The van der Waals surface area contributed by atoms with Crippen molar-refractivity contribution in [1.82, 2.24) is 5.32 Å². The molecule has 5 rings (SSSR count). The number of rotatable bonds is 13. The van der Waals surface area contributed by atoms with E-state index in [1.165, 1.54) is 5.39 Å². The summed E-state index contributed by atoms with van der Waals surface area (Å²) in [7, 11) is 0. The Morgan fingerprint density at radius 2 is 1.27 bits per heavy atom. The maximum Gasteiger partial charge on any atom is 0.248 e. The van der Waals surface area contributed by atoms with Crippen molar-refractivity contribution in [1.29, 1.82) is 10.8 Å². The summed E-state index contributed by atoms with van der Waals surface area (Å²) in [4.78, 5) is 36.7. The Morgan fingerprint density at radius 1 is 0.735 bits per heavy atom. The molecule has 1 amide bonds. The first-order chi connectivity index (χ1) is 23.4. The van der Waals surface area contributed by atoms with Gasteiger partial charge in [-0.3, -0.25) is 14.4 Å². The van der Waals surface area contributed by atoms with Crippen LogP contribution in [0, 0.1) is 10.8 Å². The molecule has 0 unspecified atom stereocenters. The van der Waals surface area contributed by atoms with Gasteiger partial charge in [0.05, 0.1) is 12.1 Å². The zero-order chi connectivity index (χ0) is 35.5. The molecule has 0 heterocycles. The normalized spacial score (nSPS) is 13.3. The Labute approximate surface area is 289 Å². The summed E-state index contributed by atoms with van der Waals surface area (Å²) in [5.41, 5.74) is 13.4. The van der Waals surface area contributed by atoms with Crippen molar-refractivity contribution in [2.45, 2.75) is 71.9 Å². The van der Waals surface area contributed by atoms with E-state index >= 15 is 0 Å². The number of benzene rings is 4. The van der Waals surface area contributed by atoms with Crippen LogP contribution in [0.5, 0.6) is 0 Å². The number of nitrogens with two attached hydrogens (primary N) is 1. The highest BCUT2D eigenvalue weighted by molar-refractivity contribution is 6.04. The number of aryl methyl sites for hydroxylation is 2. The van der Waals surface area contributed by atoms with Crippen molar-refractivity contribution in [3.8, 4) is 0 Å². The van der Waals surface area contributed by atoms with Gasteiger partial charge in [0.2, 0.25) is 5.91 Å². The minimum absolute atomic E-state index is 0.0106. The average molecular weight is 655 g/mol. The van der Waals surface area contributed by atoms with Crippen molar-refractivity contribution in [2.24, 2.45) is 5.73 Å².